The first-order valence-corrected chi connectivity index (χ1v) is 39.2. The number of likely N-dealkylation sites (tertiary alicyclic amines) is 6. The highest BCUT2D eigenvalue weighted by molar-refractivity contribution is 7.16. The highest BCUT2D eigenvalue weighted by Crippen LogP contribution is 2.36. The Bertz CT molecular complexity index is 2660. The average Bonchev–Trinajstić information content (AvgIpc) is 1.62. The number of benzene rings is 3. The molecule has 6 N–H and O–H groups in total. The predicted octanol–water partition coefficient (Wildman–Crippen LogP) is 8.07. The molecule has 6 fully saturated rings. The van der Waals surface area contributed by atoms with Gasteiger partial charge < -0.3 is 39.2 Å². The first-order chi connectivity index (χ1) is 45.7. The second-order valence-corrected chi connectivity index (χ2v) is 31.9. The van der Waals surface area contributed by atoms with E-state index in [1.54, 1.807) is 40.7 Å². The molecule has 0 amide bonds. The Labute approximate surface area is 595 Å². The average molecular weight is 1350 g/mol. The summed E-state index contributed by atoms with van der Waals surface area (Å²) in [4.78, 5) is 14.7. The van der Waals surface area contributed by atoms with Gasteiger partial charge in [-0.25, -0.2) is 9.13 Å². The van der Waals surface area contributed by atoms with Crippen LogP contribution < -0.4 is 43.1 Å². The Morgan fingerprint density at radius 2 is 0.688 bits per heavy atom. The summed E-state index contributed by atoms with van der Waals surface area (Å²) in [5, 5.41) is 0. The minimum Gasteiger partial charge on any atom is -0.337 e. The number of nitrogens with one attached hydrogen (secondary N) is 6. The Balaban J connectivity index is 0.000000277. The summed E-state index contributed by atoms with van der Waals surface area (Å²) < 4.78 is 7.53. The van der Waals surface area contributed by atoms with Crippen molar-refractivity contribution in [3.8, 4) is 0 Å². The van der Waals surface area contributed by atoms with Gasteiger partial charge in [0.05, 0.1) is 107 Å². The number of thiazole rings is 1. The summed E-state index contributed by atoms with van der Waals surface area (Å²) in [7, 11) is 24.1. The lowest BCUT2D eigenvalue weighted by molar-refractivity contribution is -0.884. The molecule has 0 aliphatic carbocycles. The minimum absolute atomic E-state index is 0.320. The number of piperidine rings is 4. The van der Waals surface area contributed by atoms with E-state index in [1.807, 2.05) is 61.9 Å². The monoisotopic (exact) mass is 1350 g/mol. The first-order valence-electron chi connectivity index (χ1n) is 38.4. The lowest BCUT2D eigenvalue weighted by atomic mass is 9.81. The molecular formula is C84H152N11S+9. The number of hydrogen-bond acceptors (Lipinski definition) is 3. The Hall–Kier alpha value is -4.47. The van der Waals surface area contributed by atoms with Gasteiger partial charge in [0.15, 0.2) is 24.8 Å². The number of rotatable bonds is 0. The molecule has 3 aromatic heterocycles. The number of nitrogens with zero attached hydrogens (tertiary/aromatic N) is 5. The van der Waals surface area contributed by atoms with Crippen molar-refractivity contribution in [2.75, 3.05) is 135 Å². The van der Waals surface area contributed by atoms with Crippen molar-refractivity contribution in [2.24, 2.45) is 33.0 Å². The third-order valence-corrected chi connectivity index (χ3v) is 22.8. The van der Waals surface area contributed by atoms with E-state index in [1.165, 1.54) is 212 Å². The third kappa shape index (κ3) is 32.2. The fourth-order valence-electron chi connectivity index (χ4n) is 13.5. The van der Waals surface area contributed by atoms with Crippen molar-refractivity contribution in [1.82, 2.24) is 9.80 Å². The van der Waals surface area contributed by atoms with Crippen LogP contribution in [-0.4, -0.2) is 157 Å². The molecule has 12 heteroatoms. The number of aryl methyl sites for hydroxylation is 5. The van der Waals surface area contributed by atoms with E-state index in [2.05, 4.69) is 250 Å². The van der Waals surface area contributed by atoms with E-state index < -0.39 is 0 Å². The molecule has 540 valence electrons. The molecule has 4 atom stereocenters. The van der Waals surface area contributed by atoms with Gasteiger partial charge in [-0.05, 0) is 201 Å². The predicted molar refractivity (Wildman–Crippen MR) is 414 cm³/mol. The summed E-state index contributed by atoms with van der Waals surface area (Å²) in [5.41, 5.74) is 12.7. The number of quaternary nitrogens is 6. The van der Waals surface area contributed by atoms with Gasteiger partial charge in [0.25, 0.3) is 0 Å². The van der Waals surface area contributed by atoms with Crippen LogP contribution in [0.2, 0.25) is 0 Å². The van der Waals surface area contributed by atoms with Crippen molar-refractivity contribution in [1.29, 1.82) is 0 Å². The molecule has 0 saturated carbocycles. The number of hydrogen-bond donors (Lipinski definition) is 6. The van der Waals surface area contributed by atoms with Crippen LogP contribution in [0.4, 0.5) is 11.4 Å². The summed E-state index contributed by atoms with van der Waals surface area (Å²) in [6, 6.07) is 35.7. The van der Waals surface area contributed by atoms with Crippen LogP contribution in [-0.2, 0) is 32.0 Å². The van der Waals surface area contributed by atoms with Crippen molar-refractivity contribution < 1.29 is 43.1 Å². The van der Waals surface area contributed by atoms with Gasteiger partial charge in [-0.1, -0.05) is 87.6 Å². The number of para-hydroxylation sites is 3. The molecule has 6 saturated heterocycles. The summed E-state index contributed by atoms with van der Waals surface area (Å²) in [6.07, 6.45) is 28.3. The zero-order valence-electron chi connectivity index (χ0n) is 66.5. The van der Waals surface area contributed by atoms with E-state index in [4.69, 9.17) is 0 Å². The van der Waals surface area contributed by atoms with Crippen molar-refractivity contribution in [2.45, 2.75) is 196 Å². The van der Waals surface area contributed by atoms with E-state index in [-0.39, 0.29) is 0 Å². The Morgan fingerprint density at radius 1 is 0.406 bits per heavy atom. The number of pyridine rings is 2. The number of fused-ring (bicyclic) bond motifs is 3. The molecule has 11 heterocycles. The van der Waals surface area contributed by atoms with E-state index in [0.717, 1.165) is 11.8 Å². The molecule has 0 radical (unpaired) electrons. The van der Waals surface area contributed by atoms with Gasteiger partial charge >= 0.3 is 0 Å². The zero-order valence-corrected chi connectivity index (χ0v) is 67.3. The molecular weight excluding hydrogens is 1200 g/mol. The minimum atomic E-state index is 0.320. The number of likely N-dealkylation sites (N-methyl/N-ethyl adjacent to an activating group) is 2. The van der Waals surface area contributed by atoms with E-state index in [9.17, 15) is 0 Å². The zero-order chi connectivity index (χ0) is 71.2. The lowest BCUT2D eigenvalue weighted by Gasteiger charge is -2.26. The molecule has 4 unspecified atom stereocenters. The van der Waals surface area contributed by atoms with Crippen LogP contribution in [0, 0.1) is 25.7 Å². The normalized spacial score (nSPS) is 22.1. The largest absolute Gasteiger partial charge is 0.337 e. The lowest BCUT2D eigenvalue weighted by Crippen LogP contribution is -3.09. The van der Waals surface area contributed by atoms with Crippen LogP contribution >= 0.6 is 11.3 Å². The maximum Gasteiger partial charge on any atom is 0.225 e. The van der Waals surface area contributed by atoms with Crippen molar-refractivity contribution in [3.63, 3.8) is 0 Å². The molecule has 8 aliphatic rings. The van der Waals surface area contributed by atoms with Crippen molar-refractivity contribution >= 4 is 32.9 Å². The summed E-state index contributed by atoms with van der Waals surface area (Å²) in [6.45, 7) is 43.3. The highest BCUT2D eigenvalue weighted by Gasteiger charge is 2.45. The summed E-state index contributed by atoms with van der Waals surface area (Å²) in [5.74, 6) is 1.96. The van der Waals surface area contributed by atoms with E-state index >= 15 is 0 Å². The van der Waals surface area contributed by atoms with Crippen LogP contribution in [0.5, 0.6) is 0 Å². The smallest absolute Gasteiger partial charge is 0.225 e. The van der Waals surface area contributed by atoms with Gasteiger partial charge in [-0.15, -0.1) is 0 Å². The van der Waals surface area contributed by atoms with Crippen molar-refractivity contribution in [3.05, 3.63) is 150 Å². The SMILES string of the molecule is CC.CC1CCN(C)CC1.CC1CCN(C)CC1.CC1[NH+](C)c2ccccc2C1(C)C.CC1[NH+](C)c2ccccc2C1(C)C.C[NH+]1CCCC1.C[NH+]1CCCC1.C[NH+]1CCCCC1.C[NH+]1CCCCC1.C[n+]1csc2ccccc21.Cc1cc[n+](C)cc1.Cc1cc[n+](C)cc1. The second-order valence-electron chi connectivity index (χ2n) is 31.1. The Kier molecular flexibility index (Phi) is 41.8. The quantitative estimate of drug-likeness (QED) is 0.0874. The molecule has 11 nitrogen and oxygen atoms in total. The maximum atomic E-state index is 2.40. The Morgan fingerprint density at radius 3 is 0.948 bits per heavy atom. The molecule has 8 aliphatic heterocycles. The fraction of sp³-hybridized carbons (Fsp3) is 0.655. The topological polar surface area (TPSA) is 44.8 Å². The fourth-order valence-corrected chi connectivity index (χ4v) is 14.4. The molecule has 3 aromatic carbocycles. The highest BCUT2D eigenvalue weighted by atomic mass is 32.1. The number of aromatic nitrogens is 3. The maximum absolute atomic E-state index is 2.40. The van der Waals surface area contributed by atoms with Gasteiger partial charge in [-0.2, -0.15) is 4.57 Å². The second kappa shape index (κ2) is 46.8. The van der Waals surface area contributed by atoms with Crippen LogP contribution in [0.3, 0.4) is 0 Å². The van der Waals surface area contributed by atoms with Gasteiger partial charge in [0, 0.05) is 78.0 Å². The summed E-state index contributed by atoms with van der Waals surface area (Å²) >= 11 is 1.78. The molecule has 0 bridgehead atoms. The van der Waals surface area contributed by atoms with Crippen LogP contribution in [0.1, 0.15) is 181 Å². The molecule has 6 aromatic rings. The van der Waals surface area contributed by atoms with Crippen LogP contribution in [0.25, 0.3) is 10.2 Å². The third-order valence-electron chi connectivity index (χ3n) is 21.8. The van der Waals surface area contributed by atoms with Gasteiger partial charge in [0.2, 0.25) is 11.0 Å². The van der Waals surface area contributed by atoms with Gasteiger partial charge in [0.1, 0.15) is 37.2 Å². The molecule has 0 spiro atoms. The van der Waals surface area contributed by atoms with E-state index in [0.29, 0.717) is 22.9 Å². The van der Waals surface area contributed by atoms with Crippen LogP contribution in [0.15, 0.2) is 127 Å². The molecule has 14 rings (SSSR count). The first kappa shape index (κ1) is 85.8. The van der Waals surface area contributed by atoms with Gasteiger partial charge in [-0.3, -0.25) is 0 Å². The molecule has 96 heavy (non-hydrogen) atoms. The standard InChI is InChI=1S/2C12H17N.C8H8NS.2C7H15N.2C7H10N.2C6H13N.2C5H11N.C2H6/c2*1-9-12(2,3)10-7-5-6-8-11(10)13(9)4;1-9-6-10-8-5-3-2-4-7(8)9;4*1-7-3-5-8(2)6-4-7;2*1-7-5-3-2-4-6-7;2*1-6-4-2-3-5-6;1-2/h2*5-9H,1-4H3;2-6H,1H3;2*7H,3-6H2,1-2H3;2*3-6H,1-2H3;2*2-6H2,1H3;2*2-5H2,1H3;1-2H3/q;;+1;;;2*+1;;;;;/p+6.